The van der Waals surface area contributed by atoms with Crippen LogP contribution in [-0.2, 0) is 24.1 Å². The van der Waals surface area contributed by atoms with Gasteiger partial charge in [-0.1, -0.05) is 30.3 Å². The number of benzene rings is 3. The van der Waals surface area contributed by atoms with Crippen molar-refractivity contribution in [3.05, 3.63) is 95.1 Å². The number of ether oxygens (including phenoxy) is 3. The van der Waals surface area contributed by atoms with Crippen molar-refractivity contribution in [2.45, 2.75) is 19.3 Å². The minimum absolute atomic E-state index is 0.0568. The van der Waals surface area contributed by atoms with Gasteiger partial charge in [0.05, 0.1) is 20.6 Å². The summed E-state index contributed by atoms with van der Waals surface area (Å²) < 4.78 is 33.7. The second-order valence-electron chi connectivity index (χ2n) is 7.99. The lowest BCUT2D eigenvalue weighted by molar-refractivity contribution is -0.120. The quantitative estimate of drug-likeness (QED) is 0.308. The number of amides is 1. The Morgan fingerprint density at radius 1 is 0.917 bits per heavy atom. The zero-order valence-electron chi connectivity index (χ0n) is 20.0. The van der Waals surface area contributed by atoms with Crippen LogP contribution in [0.1, 0.15) is 22.5 Å². The second-order valence-corrected chi connectivity index (χ2v) is 8.71. The summed E-state index contributed by atoms with van der Waals surface area (Å²) >= 11 is 1.16. The normalized spacial score (nSPS) is 10.6. The van der Waals surface area contributed by atoms with Crippen LogP contribution >= 0.6 is 11.5 Å². The van der Waals surface area contributed by atoms with Crippen LogP contribution in [0.3, 0.4) is 0 Å². The number of halogens is 1. The van der Waals surface area contributed by atoms with Gasteiger partial charge < -0.3 is 19.5 Å². The van der Waals surface area contributed by atoms with Crippen LogP contribution in [0.25, 0.3) is 0 Å². The summed E-state index contributed by atoms with van der Waals surface area (Å²) in [7, 11) is 3.20. The van der Waals surface area contributed by atoms with Gasteiger partial charge in [0.1, 0.15) is 11.6 Å². The van der Waals surface area contributed by atoms with Crippen molar-refractivity contribution in [2.24, 2.45) is 0 Å². The predicted octanol–water partition coefficient (Wildman–Crippen LogP) is 4.98. The van der Waals surface area contributed by atoms with Crippen molar-refractivity contribution in [1.82, 2.24) is 14.7 Å². The van der Waals surface area contributed by atoms with E-state index < -0.39 is 0 Å². The Hall–Kier alpha value is -3.98. The van der Waals surface area contributed by atoms with E-state index in [0.717, 1.165) is 28.2 Å². The average molecular weight is 508 g/mol. The molecule has 36 heavy (non-hydrogen) atoms. The van der Waals surface area contributed by atoms with E-state index in [4.69, 9.17) is 14.2 Å². The highest BCUT2D eigenvalue weighted by atomic mass is 32.1. The first-order valence-electron chi connectivity index (χ1n) is 11.3. The molecule has 4 aromatic rings. The fourth-order valence-corrected chi connectivity index (χ4v) is 4.11. The minimum Gasteiger partial charge on any atom is -0.493 e. The molecule has 0 aliphatic carbocycles. The van der Waals surface area contributed by atoms with Gasteiger partial charge in [0.25, 0.3) is 5.19 Å². The van der Waals surface area contributed by atoms with E-state index in [1.165, 1.54) is 12.1 Å². The summed E-state index contributed by atoms with van der Waals surface area (Å²) in [6.45, 7) is 0.521. The molecule has 1 N–H and O–H groups in total. The van der Waals surface area contributed by atoms with Crippen LogP contribution < -0.4 is 19.5 Å². The fraction of sp³-hybridized carbons (Fsp3) is 0.222. The number of rotatable bonds is 11. The van der Waals surface area contributed by atoms with Crippen LogP contribution in [0.2, 0.25) is 0 Å². The molecule has 0 fully saturated rings. The third kappa shape index (κ3) is 7.02. The summed E-state index contributed by atoms with van der Waals surface area (Å²) in [5, 5.41) is 3.37. The standard InChI is InChI=1S/C27H26FN3O4S/c1-33-23-12-7-20(15-24(23)34-2)13-14-29-26(32)17-19-5-10-22(11-6-19)35-27-30-25(31-36-27)16-18-3-8-21(28)9-4-18/h3-12,15H,13-14,16-17H2,1-2H3,(H,29,32). The SMILES string of the molecule is COc1ccc(CCNC(=O)Cc2ccc(Oc3nc(Cc4ccc(F)cc4)ns3)cc2)cc1OC. The number of hydrogen-bond donors (Lipinski definition) is 1. The molecule has 7 nitrogen and oxygen atoms in total. The number of nitrogens with one attached hydrogen (secondary N) is 1. The number of aromatic nitrogens is 2. The van der Waals surface area contributed by atoms with Crippen LogP contribution in [-0.4, -0.2) is 36.0 Å². The molecule has 0 saturated carbocycles. The molecule has 0 aliphatic rings. The summed E-state index contributed by atoms with van der Waals surface area (Å²) in [5.74, 6) is 2.24. The van der Waals surface area contributed by atoms with E-state index in [0.29, 0.717) is 47.7 Å². The molecular weight excluding hydrogens is 481 g/mol. The molecule has 0 saturated heterocycles. The fourth-order valence-electron chi connectivity index (χ4n) is 3.54. The highest BCUT2D eigenvalue weighted by Gasteiger charge is 2.09. The Labute approximate surface area is 213 Å². The van der Waals surface area contributed by atoms with E-state index in [1.807, 2.05) is 30.3 Å². The minimum atomic E-state index is -0.274. The van der Waals surface area contributed by atoms with E-state index in [1.54, 1.807) is 38.5 Å². The van der Waals surface area contributed by atoms with Crippen molar-refractivity contribution in [3.8, 4) is 22.4 Å². The number of carbonyl (C=O) groups excluding carboxylic acids is 1. The lowest BCUT2D eigenvalue weighted by Crippen LogP contribution is -2.27. The molecule has 4 rings (SSSR count). The number of carbonyl (C=O) groups is 1. The monoisotopic (exact) mass is 507 g/mol. The molecule has 0 atom stereocenters. The smallest absolute Gasteiger partial charge is 0.298 e. The molecule has 1 amide bonds. The molecule has 1 aromatic heterocycles. The summed E-state index contributed by atoms with van der Waals surface area (Å²) in [6, 6.07) is 19.3. The van der Waals surface area contributed by atoms with Crippen LogP contribution in [0.5, 0.6) is 22.4 Å². The zero-order valence-corrected chi connectivity index (χ0v) is 20.8. The summed E-state index contributed by atoms with van der Waals surface area (Å²) in [4.78, 5) is 16.7. The summed E-state index contributed by atoms with van der Waals surface area (Å²) in [6.07, 6.45) is 1.46. The first-order valence-corrected chi connectivity index (χ1v) is 12.1. The maximum absolute atomic E-state index is 13.1. The van der Waals surface area contributed by atoms with E-state index >= 15 is 0 Å². The number of methoxy groups -OCH3 is 2. The number of nitrogens with zero attached hydrogens (tertiary/aromatic N) is 2. The summed E-state index contributed by atoms with van der Waals surface area (Å²) in [5.41, 5.74) is 2.85. The molecule has 1 heterocycles. The van der Waals surface area contributed by atoms with Crippen molar-refractivity contribution >= 4 is 17.4 Å². The molecule has 0 aliphatic heterocycles. The highest BCUT2D eigenvalue weighted by Crippen LogP contribution is 2.27. The van der Waals surface area contributed by atoms with Gasteiger partial charge in [-0.05, 0) is 59.5 Å². The van der Waals surface area contributed by atoms with Crippen LogP contribution in [0.15, 0.2) is 66.7 Å². The number of hydrogen-bond acceptors (Lipinski definition) is 7. The van der Waals surface area contributed by atoms with Crippen molar-refractivity contribution in [2.75, 3.05) is 20.8 Å². The maximum Gasteiger partial charge on any atom is 0.298 e. The van der Waals surface area contributed by atoms with Gasteiger partial charge >= 0.3 is 0 Å². The average Bonchev–Trinajstić information content (AvgIpc) is 3.33. The molecule has 0 bridgehead atoms. The molecule has 9 heteroatoms. The zero-order chi connectivity index (χ0) is 25.3. The van der Waals surface area contributed by atoms with Crippen LogP contribution in [0.4, 0.5) is 4.39 Å². The Morgan fingerprint density at radius 3 is 2.33 bits per heavy atom. The Kier molecular flexibility index (Phi) is 8.46. The molecular formula is C27H26FN3O4S. The molecule has 0 unspecified atom stereocenters. The van der Waals surface area contributed by atoms with E-state index in [2.05, 4.69) is 14.7 Å². The third-order valence-corrected chi connectivity index (χ3v) is 6.03. The first kappa shape index (κ1) is 25.1. The largest absolute Gasteiger partial charge is 0.493 e. The molecule has 3 aromatic carbocycles. The van der Waals surface area contributed by atoms with E-state index in [-0.39, 0.29) is 18.1 Å². The highest BCUT2D eigenvalue weighted by molar-refractivity contribution is 7.07. The van der Waals surface area contributed by atoms with E-state index in [9.17, 15) is 9.18 Å². The Bertz CT molecular complexity index is 1290. The molecule has 186 valence electrons. The maximum atomic E-state index is 13.1. The lowest BCUT2D eigenvalue weighted by Gasteiger charge is -2.10. The topological polar surface area (TPSA) is 82.6 Å². The van der Waals surface area contributed by atoms with Gasteiger partial charge in [-0.3, -0.25) is 4.79 Å². The van der Waals surface area contributed by atoms with Gasteiger partial charge in [-0.2, -0.15) is 9.36 Å². The van der Waals surface area contributed by atoms with Gasteiger partial charge in [0.15, 0.2) is 17.3 Å². The van der Waals surface area contributed by atoms with Crippen LogP contribution in [0, 0.1) is 5.82 Å². The van der Waals surface area contributed by atoms with Crippen molar-refractivity contribution in [1.29, 1.82) is 0 Å². The lowest BCUT2D eigenvalue weighted by atomic mass is 10.1. The Balaban J connectivity index is 1.23. The predicted molar refractivity (Wildman–Crippen MR) is 136 cm³/mol. The first-order chi connectivity index (χ1) is 17.5. The molecule has 0 radical (unpaired) electrons. The third-order valence-electron chi connectivity index (χ3n) is 5.40. The Morgan fingerprint density at radius 2 is 1.61 bits per heavy atom. The van der Waals surface area contributed by atoms with Gasteiger partial charge in [0, 0.05) is 24.5 Å². The van der Waals surface area contributed by atoms with Crippen molar-refractivity contribution < 1.29 is 23.4 Å². The van der Waals surface area contributed by atoms with Gasteiger partial charge in [0.2, 0.25) is 5.91 Å². The molecule has 0 spiro atoms. The van der Waals surface area contributed by atoms with Gasteiger partial charge in [-0.25, -0.2) is 4.39 Å². The second kappa shape index (κ2) is 12.1. The van der Waals surface area contributed by atoms with Gasteiger partial charge in [-0.15, -0.1) is 0 Å². The van der Waals surface area contributed by atoms with Crippen molar-refractivity contribution in [3.63, 3.8) is 0 Å².